The van der Waals surface area contributed by atoms with Crippen LogP contribution in [0, 0.1) is 11.8 Å². The number of likely N-dealkylation sites (tertiary alicyclic amines) is 1. The first kappa shape index (κ1) is 20.5. The first-order chi connectivity index (χ1) is 14.5. The van der Waals surface area contributed by atoms with Crippen molar-refractivity contribution in [3.05, 3.63) is 40.4 Å². The predicted octanol–water partition coefficient (Wildman–Crippen LogP) is 1.66. The Morgan fingerprint density at radius 2 is 2.03 bits per heavy atom. The minimum atomic E-state index is -0.295. The summed E-state index contributed by atoms with van der Waals surface area (Å²) >= 11 is 0. The number of nitrogens with zero attached hydrogens (tertiary/aromatic N) is 3. The number of benzene rings is 1. The molecule has 160 valence electrons. The monoisotopic (exact) mass is 412 g/mol. The molecule has 30 heavy (non-hydrogen) atoms. The summed E-state index contributed by atoms with van der Waals surface area (Å²) in [5, 5.41) is 0.479. The molecule has 1 aliphatic heterocycles. The van der Waals surface area contributed by atoms with Crippen LogP contribution in [0.4, 0.5) is 0 Å². The molecule has 1 saturated carbocycles. The van der Waals surface area contributed by atoms with Crippen molar-refractivity contribution in [2.24, 2.45) is 11.8 Å². The molecule has 0 unspecified atom stereocenters. The molecule has 2 aliphatic rings. The number of piperidine rings is 1. The van der Waals surface area contributed by atoms with Gasteiger partial charge in [0.2, 0.25) is 5.91 Å². The van der Waals surface area contributed by atoms with Crippen molar-refractivity contribution in [2.75, 3.05) is 33.9 Å². The van der Waals surface area contributed by atoms with Crippen molar-refractivity contribution >= 4 is 22.7 Å². The molecule has 2 amide bonds. The van der Waals surface area contributed by atoms with Gasteiger partial charge in [0.15, 0.2) is 5.82 Å². The Hall–Kier alpha value is -2.74. The summed E-state index contributed by atoms with van der Waals surface area (Å²) < 4.78 is 5.01. The van der Waals surface area contributed by atoms with Crippen LogP contribution >= 0.6 is 0 Å². The second-order valence-electron chi connectivity index (χ2n) is 8.36. The van der Waals surface area contributed by atoms with Gasteiger partial charge in [-0.15, -0.1) is 0 Å². The van der Waals surface area contributed by atoms with E-state index in [9.17, 15) is 14.4 Å². The lowest BCUT2D eigenvalue weighted by Crippen LogP contribution is -2.43. The molecule has 1 aromatic carbocycles. The Kier molecular flexibility index (Phi) is 5.85. The lowest BCUT2D eigenvalue weighted by atomic mass is 9.88. The highest BCUT2D eigenvalue weighted by Gasteiger charge is 2.41. The molecule has 8 nitrogen and oxygen atoms in total. The van der Waals surface area contributed by atoms with Gasteiger partial charge in [0.1, 0.15) is 0 Å². The highest BCUT2D eigenvalue weighted by Crippen LogP contribution is 2.40. The quantitative estimate of drug-likeness (QED) is 0.806. The molecule has 1 saturated heterocycles. The van der Waals surface area contributed by atoms with Crippen LogP contribution in [0.1, 0.15) is 36.3 Å². The van der Waals surface area contributed by atoms with Crippen LogP contribution in [0.3, 0.4) is 0 Å². The molecule has 1 aliphatic carbocycles. The Balaban J connectivity index is 1.43. The number of amides is 2. The first-order valence-electron chi connectivity index (χ1n) is 10.5. The van der Waals surface area contributed by atoms with E-state index in [4.69, 9.17) is 4.74 Å². The van der Waals surface area contributed by atoms with Crippen LogP contribution in [-0.2, 0) is 9.53 Å². The third-order valence-electron chi connectivity index (χ3n) is 6.60. The summed E-state index contributed by atoms with van der Waals surface area (Å²) in [6, 6.07) is 7.23. The number of para-hydroxylation sites is 1. The van der Waals surface area contributed by atoms with E-state index in [1.807, 2.05) is 11.9 Å². The zero-order chi connectivity index (χ0) is 21.3. The normalized spacial score (nSPS) is 23.4. The summed E-state index contributed by atoms with van der Waals surface area (Å²) in [7, 11) is 3.47. The number of aromatic nitrogens is 2. The molecule has 2 heterocycles. The summed E-state index contributed by atoms with van der Waals surface area (Å²) in [5.41, 5.74) is 0.229. The number of hydrogen-bond acceptors (Lipinski definition) is 5. The summed E-state index contributed by atoms with van der Waals surface area (Å²) in [6.45, 7) is 1.71. The minimum Gasteiger partial charge on any atom is -0.384 e. The molecule has 0 radical (unpaired) electrons. The largest absolute Gasteiger partial charge is 0.384 e. The van der Waals surface area contributed by atoms with E-state index in [1.54, 1.807) is 36.3 Å². The lowest BCUT2D eigenvalue weighted by molar-refractivity contribution is -0.132. The zero-order valence-electron chi connectivity index (χ0n) is 17.5. The van der Waals surface area contributed by atoms with Gasteiger partial charge in [0.05, 0.1) is 23.9 Å². The maximum atomic E-state index is 13.0. The molecule has 1 N–H and O–H groups in total. The molecule has 2 aromatic rings. The number of nitrogens with one attached hydrogen (secondary N) is 1. The molecule has 0 spiro atoms. The molecule has 8 heteroatoms. The number of carbonyl (C=O) groups excluding carboxylic acids is 2. The van der Waals surface area contributed by atoms with E-state index in [-0.39, 0.29) is 29.2 Å². The van der Waals surface area contributed by atoms with E-state index in [1.165, 1.54) is 0 Å². The van der Waals surface area contributed by atoms with E-state index < -0.39 is 0 Å². The summed E-state index contributed by atoms with van der Waals surface area (Å²) in [6.07, 6.45) is 3.17. The molecule has 0 bridgehead atoms. The van der Waals surface area contributed by atoms with Gasteiger partial charge in [-0.05, 0) is 43.2 Å². The first-order valence-corrected chi connectivity index (χ1v) is 10.5. The number of aromatic amines is 1. The summed E-state index contributed by atoms with van der Waals surface area (Å²) in [5.74, 6) is 0.840. The van der Waals surface area contributed by atoms with Crippen LogP contribution < -0.4 is 5.56 Å². The molecule has 1 aromatic heterocycles. The maximum Gasteiger partial charge on any atom is 0.289 e. The Bertz CT molecular complexity index is 1000. The van der Waals surface area contributed by atoms with Gasteiger partial charge >= 0.3 is 0 Å². The minimum absolute atomic E-state index is 0.0959. The van der Waals surface area contributed by atoms with E-state index >= 15 is 0 Å². The van der Waals surface area contributed by atoms with Gasteiger partial charge < -0.3 is 19.5 Å². The van der Waals surface area contributed by atoms with E-state index in [0.717, 1.165) is 19.3 Å². The number of ether oxygens (including phenoxy) is 1. The predicted molar refractivity (Wildman–Crippen MR) is 112 cm³/mol. The van der Waals surface area contributed by atoms with Gasteiger partial charge in [-0.2, -0.15) is 0 Å². The van der Waals surface area contributed by atoms with Crippen LogP contribution in [0.15, 0.2) is 29.1 Å². The average Bonchev–Trinajstić information content (AvgIpc) is 3.19. The third kappa shape index (κ3) is 3.96. The highest BCUT2D eigenvalue weighted by molar-refractivity contribution is 5.92. The third-order valence-corrected chi connectivity index (χ3v) is 6.60. The summed E-state index contributed by atoms with van der Waals surface area (Å²) in [4.78, 5) is 48.4. The molecular weight excluding hydrogens is 384 g/mol. The number of methoxy groups -OCH3 is 1. The van der Waals surface area contributed by atoms with Crippen LogP contribution in [0.25, 0.3) is 10.9 Å². The molecule has 4 rings (SSSR count). The maximum absolute atomic E-state index is 13.0. The van der Waals surface area contributed by atoms with Crippen LogP contribution in [0.2, 0.25) is 0 Å². The number of rotatable bonds is 5. The number of fused-ring (bicyclic) bond motifs is 2. The standard InChI is InChI=1S/C22H28N4O4/c1-25(19(27)8-10-30-2)16-11-14-7-9-26(13-15(14)12-16)22(29)20-23-18-6-4-3-5-17(18)21(28)24-20/h3-6,14-16H,7-13H2,1-2H3,(H,23,24,28)/t14-,15-,16+/m1/s1. The van der Waals surface area contributed by atoms with Gasteiger partial charge in [-0.25, -0.2) is 4.98 Å². The molecule has 2 fully saturated rings. The van der Waals surface area contributed by atoms with Crippen molar-refractivity contribution in [3.8, 4) is 0 Å². The topological polar surface area (TPSA) is 95.6 Å². The second kappa shape index (κ2) is 8.55. The Morgan fingerprint density at radius 1 is 1.27 bits per heavy atom. The number of hydrogen-bond donors (Lipinski definition) is 1. The van der Waals surface area contributed by atoms with Crippen molar-refractivity contribution < 1.29 is 14.3 Å². The lowest BCUT2D eigenvalue weighted by Gasteiger charge is -2.34. The molecular formula is C22H28N4O4. The highest BCUT2D eigenvalue weighted by atomic mass is 16.5. The number of H-pyrrole nitrogens is 1. The average molecular weight is 412 g/mol. The fourth-order valence-electron chi connectivity index (χ4n) is 4.86. The Labute approximate surface area is 175 Å². The van der Waals surface area contributed by atoms with Gasteiger partial charge in [-0.1, -0.05) is 12.1 Å². The fraction of sp³-hybridized carbons (Fsp3) is 0.545. The van der Waals surface area contributed by atoms with Crippen LogP contribution in [-0.4, -0.2) is 71.5 Å². The van der Waals surface area contributed by atoms with Gasteiger partial charge in [-0.3, -0.25) is 14.4 Å². The van der Waals surface area contributed by atoms with Gasteiger partial charge in [0.25, 0.3) is 11.5 Å². The smallest absolute Gasteiger partial charge is 0.289 e. The van der Waals surface area contributed by atoms with Crippen molar-refractivity contribution in [1.82, 2.24) is 19.8 Å². The van der Waals surface area contributed by atoms with E-state index in [2.05, 4.69) is 9.97 Å². The number of carbonyl (C=O) groups is 2. The van der Waals surface area contributed by atoms with Gasteiger partial charge in [0, 0.05) is 33.3 Å². The van der Waals surface area contributed by atoms with E-state index in [0.29, 0.717) is 48.9 Å². The molecule has 3 atom stereocenters. The fourth-order valence-corrected chi connectivity index (χ4v) is 4.86. The Morgan fingerprint density at radius 3 is 2.83 bits per heavy atom. The van der Waals surface area contributed by atoms with Crippen LogP contribution in [0.5, 0.6) is 0 Å². The van der Waals surface area contributed by atoms with Crippen molar-refractivity contribution in [2.45, 2.75) is 31.7 Å². The second-order valence-corrected chi connectivity index (χ2v) is 8.36. The van der Waals surface area contributed by atoms with Crippen molar-refractivity contribution in [1.29, 1.82) is 0 Å². The zero-order valence-corrected chi connectivity index (χ0v) is 17.5. The van der Waals surface area contributed by atoms with Crippen molar-refractivity contribution in [3.63, 3.8) is 0 Å². The SMILES string of the molecule is COCCC(=O)N(C)[C@H]1C[C@H]2CCN(C(=O)c3nc4ccccc4c(=O)[nH]3)C[C@H]2C1.